The van der Waals surface area contributed by atoms with E-state index in [2.05, 4.69) is 78.5 Å². The average Bonchev–Trinajstić information content (AvgIpc) is 2.79. The van der Waals surface area contributed by atoms with Crippen molar-refractivity contribution in [2.24, 2.45) is 0 Å². The van der Waals surface area contributed by atoms with E-state index in [0.29, 0.717) is 6.04 Å². The molecule has 0 unspecified atom stereocenters. The van der Waals surface area contributed by atoms with Crippen LogP contribution in [0, 0.1) is 0 Å². The lowest BCUT2D eigenvalue weighted by atomic mass is 9.81. The van der Waals surface area contributed by atoms with E-state index < -0.39 is 0 Å². The summed E-state index contributed by atoms with van der Waals surface area (Å²) in [6, 6.07) is 20.1. The van der Waals surface area contributed by atoms with Crippen molar-refractivity contribution in [2.75, 3.05) is 20.6 Å². The molecular formula is C23H30N2O. The molecule has 0 bridgehead atoms. The van der Waals surface area contributed by atoms with Gasteiger partial charge in [0.2, 0.25) is 0 Å². The molecule has 1 saturated carbocycles. The van der Waals surface area contributed by atoms with E-state index in [-0.39, 0.29) is 5.60 Å². The molecule has 138 valence electrons. The van der Waals surface area contributed by atoms with Crippen LogP contribution in [-0.2, 0) is 13.1 Å². The minimum atomic E-state index is -0.0477. The molecule has 1 heterocycles. The van der Waals surface area contributed by atoms with E-state index in [1.807, 2.05) is 0 Å². The fraction of sp³-hybridized carbons (Fsp3) is 0.478. The molecule has 0 amide bonds. The van der Waals surface area contributed by atoms with Crippen LogP contribution in [-0.4, -0.2) is 42.1 Å². The molecular weight excluding hydrogens is 320 g/mol. The second kappa shape index (κ2) is 7.42. The van der Waals surface area contributed by atoms with Crippen LogP contribution in [0.4, 0.5) is 0 Å². The first-order valence-corrected chi connectivity index (χ1v) is 9.83. The Labute approximate surface area is 157 Å². The molecule has 1 spiro atoms. The van der Waals surface area contributed by atoms with Crippen molar-refractivity contribution in [1.82, 2.24) is 9.80 Å². The monoisotopic (exact) mass is 350 g/mol. The zero-order valence-corrected chi connectivity index (χ0v) is 16.0. The summed E-state index contributed by atoms with van der Waals surface area (Å²) in [7, 11) is 4.40. The van der Waals surface area contributed by atoms with Gasteiger partial charge >= 0.3 is 0 Å². The molecule has 3 heteroatoms. The van der Waals surface area contributed by atoms with E-state index in [0.717, 1.165) is 38.2 Å². The number of para-hydroxylation sites is 1. The van der Waals surface area contributed by atoms with Crippen LogP contribution in [0.15, 0.2) is 54.6 Å². The second-order valence-corrected chi connectivity index (χ2v) is 8.22. The Kier molecular flexibility index (Phi) is 5.01. The maximum atomic E-state index is 6.72. The fourth-order valence-electron chi connectivity index (χ4n) is 4.56. The molecule has 0 N–H and O–H groups in total. The lowest BCUT2D eigenvalue weighted by molar-refractivity contribution is -0.0135. The van der Waals surface area contributed by atoms with Gasteiger partial charge in [0.15, 0.2) is 0 Å². The van der Waals surface area contributed by atoms with Gasteiger partial charge in [-0.3, -0.25) is 4.90 Å². The van der Waals surface area contributed by atoms with E-state index in [4.69, 9.17) is 4.74 Å². The minimum Gasteiger partial charge on any atom is -0.486 e. The Balaban J connectivity index is 1.59. The van der Waals surface area contributed by atoms with Gasteiger partial charge in [0.25, 0.3) is 0 Å². The first-order valence-electron chi connectivity index (χ1n) is 9.83. The summed E-state index contributed by atoms with van der Waals surface area (Å²) >= 11 is 0. The normalized spacial score (nSPS) is 26.3. The highest BCUT2D eigenvalue weighted by Gasteiger charge is 2.41. The number of ether oxygens (including phenoxy) is 1. The Bertz CT molecular complexity index is 720. The molecule has 2 aliphatic rings. The van der Waals surface area contributed by atoms with Gasteiger partial charge in [-0.15, -0.1) is 0 Å². The van der Waals surface area contributed by atoms with E-state index >= 15 is 0 Å². The average molecular weight is 351 g/mol. The third-order valence-electron chi connectivity index (χ3n) is 6.05. The van der Waals surface area contributed by atoms with Crippen molar-refractivity contribution in [3.63, 3.8) is 0 Å². The predicted octanol–water partition coefficient (Wildman–Crippen LogP) is 4.32. The number of hydrogen-bond donors (Lipinski definition) is 0. The van der Waals surface area contributed by atoms with Gasteiger partial charge in [0.1, 0.15) is 11.4 Å². The summed E-state index contributed by atoms with van der Waals surface area (Å²) in [5.41, 5.74) is 2.65. The number of nitrogens with zero attached hydrogens (tertiary/aromatic N) is 2. The Morgan fingerprint density at radius 3 is 2.42 bits per heavy atom. The van der Waals surface area contributed by atoms with Gasteiger partial charge in [-0.1, -0.05) is 48.5 Å². The van der Waals surface area contributed by atoms with E-state index in [1.165, 1.54) is 24.0 Å². The number of benzene rings is 2. The molecule has 4 rings (SSSR count). The molecule has 1 aliphatic carbocycles. The third-order valence-corrected chi connectivity index (χ3v) is 6.05. The first kappa shape index (κ1) is 17.6. The highest BCUT2D eigenvalue weighted by molar-refractivity contribution is 5.35. The van der Waals surface area contributed by atoms with Crippen LogP contribution in [0.2, 0.25) is 0 Å². The summed E-state index contributed by atoms with van der Waals surface area (Å²) in [5, 5.41) is 0. The van der Waals surface area contributed by atoms with Gasteiger partial charge in [-0.05, 0) is 51.4 Å². The van der Waals surface area contributed by atoms with Crippen LogP contribution >= 0.6 is 0 Å². The lowest BCUT2D eigenvalue weighted by Crippen LogP contribution is -2.50. The summed E-state index contributed by atoms with van der Waals surface area (Å²) in [6.07, 6.45) is 4.70. The molecule has 0 radical (unpaired) electrons. The van der Waals surface area contributed by atoms with Crippen molar-refractivity contribution in [2.45, 2.75) is 50.4 Å². The molecule has 1 fully saturated rings. The van der Waals surface area contributed by atoms with Crippen molar-refractivity contribution in [1.29, 1.82) is 0 Å². The third kappa shape index (κ3) is 3.79. The molecule has 0 aromatic heterocycles. The molecule has 26 heavy (non-hydrogen) atoms. The zero-order chi connectivity index (χ0) is 18.0. The second-order valence-electron chi connectivity index (χ2n) is 8.22. The number of rotatable bonds is 3. The summed E-state index contributed by atoms with van der Waals surface area (Å²) in [6.45, 7) is 2.96. The van der Waals surface area contributed by atoms with Crippen molar-refractivity contribution in [3.05, 3.63) is 65.7 Å². The predicted molar refractivity (Wildman–Crippen MR) is 106 cm³/mol. The van der Waals surface area contributed by atoms with Crippen LogP contribution in [0.5, 0.6) is 5.75 Å². The first-order chi connectivity index (χ1) is 12.6. The van der Waals surface area contributed by atoms with Crippen molar-refractivity contribution in [3.8, 4) is 5.75 Å². The number of hydrogen-bond acceptors (Lipinski definition) is 3. The van der Waals surface area contributed by atoms with Gasteiger partial charge in [-0.2, -0.15) is 0 Å². The van der Waals surface area contributed by atoms with Gasteiger partial charge in [0.05, 0.1) is 0 Å². The fourth-order valence-corrected chi connectivity index (χ4v) is 4.56. The smallest absolute Gasteiger partial charge is 0.124 e. The largest absolute Gasteiger partial charge is 0.486 e. The van der Waals surface area contributed by atoms with Crippen LogP contribution in [0.25, 0.3) is 0 Å². The van der Waals surface area contributed by atoms with Crippen molar-refractivity contribution >= 4 is 0 Å². The van der Waals surface area contributed by atoms with E-state index in [1.54, 1.807) is 0 Å². The van der Waals surface area contributed by atoms with Crippen LogP contribution < -0.4 is 4.74 Å². The van der Waals surface area contributed by atoms with Gasteiger partial charge in [0, 0.05) is 31.2 Å². The Morgan fingerprint density at radius 1 is 1.00 bits per heavy atom. The SMILES string of the molecule is CN(C)C1CCC2(CC1)CN(Cc1ccccc1)Cc1ccccc1O2. The standard InChI is InChI=1S/C23H30N2O/c1-24(2)21-12-14-23(15-13-21)18-25(16-19-8-4-3-5-9-19)17-20-10-6-7-11-22(20)26-23/h3-11,21H,12-18H2,1-2H3. The van der Waals surface area contributed by atoms with Gasteiger partial charge < -0.3 is 9.64 Å². The lowest BCUT2D eigenvalue weighted by Gasteiger charge is -2.43. The van der Waals surface area contributed by atoms with Crippen LogP contribution in [0.3, 0.4) is 0 Å². The molecule has 2 aromatic carbocycles. The van der Waals surface area contributed by atoms with Crippen LogP contribution in [0.1, 0.15) is 36.8 Å². The quantitative estimate of drug-likeness (QED) is 0.820. The topological polar surface area (TPSA) is 15.7 Å². The molecule has 0 atom stereocenters. The molecule has 1 aliphatic heterocycles. The summed E-state index contributed by atoms with van der Waals surface area (Å²) in [4.78, 5) is 4.95. The van der Waals surface area contributed by atoms with E-state index in [9.17, 15) is 0 Å². The molecule has 0 saturated heterocycles. The van der Waals surface area contributed by atoms with Crippen molar-refractivity contribution < 1.29 is 4.74 Å². The minimum absolute atomic E-state index is 0.0477. The van der Waals surface area contributed by atoms with Gasteiger partial charge in [-0.25, -0.2) is 0 Å². The molecule has 3 nitrogen and oxygen atoms in total. The maximum Gasteiger partial charge on any atom is 0.124 e. The Morgan fingerprint density at radius 2 is 1.69 bits per heavy atom. The highest BCUT2D eigenvalue weighted by atomic mass is 16.5. The number of fused-ring (bicyclic) bond motifs is 1. The molecule has 2 aromatic rings. The Hall–Kier alpha value is -1.84. The highest BCUT2D eigenvalue weighted by Crippen LogP contribution is 2.39. The summed E-state index contributed by atoms with van der Waals surface area (Å²) < 4.78 is 6.72. The maximum absolute atomic E-state index is 6.72. The summed E-state index contributed by atoms with van der Waals surface area (Å²) in [5.74, 6) is 1.09. The zero-order valence-electron chi connectivity index (χ0n) is 16.0.